The number of hydrogen-bond donors (Lipinski definition) is 1. The Balaban J connectivity index is 2.11. The average Bonchev–Trinajstić information content (AvgIpc) is 2.79. The van der Waals surface area contributed by atoms with Gasteiger partial charge in [0.2, 0.25) is 5.91 Å². The lowest BCUT2D eigenvalue weighted by Gasteiger charge is -2.31. The third kappa shape index (κ3) is 2.79. The lowest BCUT2D eigenvalue weighted by molar-refractivity contribution is -0.137. The van der Waals surface area contributed by atoms with E-state index in [0.717, 1.165) is 11.1 Å². The monoisotopic (exact) mass is 377 g/mol. The van der Waals surface area contributed by atoms with Gasteiger partial charge < -0.3 is 10.0 Å². The molecule has 1 amide bonds. The molecule has 2 aromatic carbocycles. The molecule has 0 saturated carbocycles. The van der Waals surface area contributed by atoms with Gasteiger partial charge in [-0.25, -0.2) is 0 Å². The summed E-state index contributed by atoms with van der Waals surface area (Å²) in [7, 11) is 0. The number of rotatable bonds is 4. The van der Waals surface area contributed by atoms with Gasteiger partial charge in [0.15, 0.2) is 0 Å². The molecule has 0 aliphatic carbocycles. The molecule has 1 aliphatic rings. The van der Waals surface area contributed by atoms with Crippen molar-refractivity contribution in [1.29, 1.82) is 0 Å². The SMILES string of the molecule is CC(c1ccc(Cl)c(Cl)c1)C1(C)C(=O)N(CC(=O)O)c2ccccc21. The van der Waals surface area contributed by atoms with Gasteiger partial charge in [-0.3, -0.25) is 9.59 Å². The predicted octanol–water partition coefficient (Wildman–Crippen LogP) is 4.49. The van der Waals surface area contributed by atoms with Crippen LogP contribution in [0, 0.1) is 0 Å². The average molecular weight is 378 g/mol. The number of halogens is 2. The molecule has 0 spiro atoms. The summed E-state index contributed by atoms with van der Waals surface area (Å²) >= 11 is 12.1. The topological polar surface area (TPSA) is 57.6 Å². The Labute approximate surface area is 156 Å². The van der Waals surface area contributed by atoms with E-state index in [1.807, 2.05) is 32.0 Å². The van der Waals surface area contributed by atoms with Crippen molar-refractivity contribution in [2.75, 3.05) is 11.4 Å². The van der Waals surface area contributed by atoms with Crippen LogP contribution in [0.1, 0.15) is 30.9 Å². The number of benzene rings is 2. The minimum atomic E-state index is -1.05. The van der Waals surface area contributed by atoms with E-state index in [1.165, 1.54) is 4.90 Å². The Hall–Kier alpha value is -2.04. The first kappa shape index (κ1) is 17.8. The van der Waals surface area contributed by atoms with Crippen LogP contribution < -0.4 is 4.90 Å². The highest BCUT2D eigenvalue weighted by Gasteiger charge is 2.51. The van der Waals surface area contributed by atoms with Crippen molar-refractivity contribution in [1.82, 2.24) is 0 Å². The molecular weight excluding hydrogens is 361 g/mol. The molecule has 6 heteroatoms. The van der Waals surface area contributed by atoms with Crippen LogP contribution in [0.15, 0.2) is 42.5 Å². The van der Waals surface area contributed by atoms with Crippen molar-refractivity contribution < 1.29 is 14.7 Å². The largest absolute Gasteiger partial charge is 0.480 e. The summed E-state index contributed by atoms with van der Waals surface area (Å²) in [5.74, 6) is -1.49. The summed E-state index contributed by atoms with van der Waals surface area (Å²) in [6.45, 7) is 3.43. The number of hydrogen-bond acceptors (Lipinski definition) is 2. The molecule has 1 aliphatic heterocycles. The number of carboxylic acids is 1. The minimum Gasteiger partial charge on any atom is -0.480 e. The molecule has 0 saturated heterocycles. The van der Waals surface area contributed by atoms with Gasteiger partial charge >= 0.3 is 5.97 Å². The normalized spacial score (nSPS) is 20.5. The maximum atomic E-state index is 13.2. The summed E-state index contributed by atoms with van der Waals surface area (Å²) in [6.07, 6.45) is 0. The molecule has 0 radical (unpaired) electrons. The summed E-state index contributed by atoms with van der Waals surface area (Å²) in [4.78, 5) is 25.7. The number of carbonyl (C=O) groups excluding carboxylic acids is 1. The van der Waals surface area contributed by atoms with Crippen molar-refractivity contribution >= 4 is 40.8 Å². The second-order valence-corrected chi connectivity index (χ2v) is 7.21. The van der Waals surface area contributed by atoms with Crippen LogP contribution in [0.2, 0.25) is 10.0 Å². The molecule has 4 nitrogen and oxygen atoms in total. The highest BCUT2D eigenvalue weighted by Crippen LogP contribution is 2.49. The second kappa shape index (κ2) is 6.36. The Morgan fingerprint density at radius 1 is 1.20 bits per heavy atom. The zero-order chi connectivity index (χ0) is 18.4. The fraction of sp³-hybridized carbons (Fsp3) is 0.263. The number of anilines is 1. The molecule has 1 N–H and O–H groups in total. The third-order valence-corrected chi connectivity index (χ3v) is 5.79. The number of amides is 1. The number of nitrogens with zero attached hydrogens (tertiary/aromatic N) is 1. The van der Waals surface area contributed by atoms with Crippen molar-refractivity contribution in [3.63, 3.8) is 0 Å². The molecule has 1 heterocycles. The Morgan fingerprint density at radius 3 is 2.52 bits per heavy atom. The highest BCUT2D eigenvalue weighted by molar-refractivity contribution is 6.42. The Kier molecular flexibility index (Phi) is 4.52. The molecule has 2 aromatic rings. The van der Waals surface area contributed by atoms with Crippen LogP contribution in [0.3, 0.4) is 0 Å². The number of carboxylic acid groups (broad SMARTS) is 1. The first-order chi connectivity index (χ1) is 11.8. The van der Waals surface area contributed by atoms with E-state index in [0.29, 0.717) is 15.7 Å². The van der Waals surface area contributed by atoms with Gasteiger partial charge in [-0.1, -0.05) is 54.4 Å². The third-order valence-electron chi connectivity index (χ3n) is 5.05. The molecule has 0 fully saturated rings. The zero-order valence-electron chi connectivity index (χ0n) is 13.8. The molecule has 0 bridgehead atoms. The van der Waals surface area contributed by atoms with E-state index in [9.17, 15) is 14.7 Å². The lowest BCUT2D eigenvalue weighted by atomic mass is 9.70. The highest BCUT2D eigenvalue weighted by atomic mass is 35.5. The van der Waals surface area contributed by atoms with Crippen LogP contribution >= 0.6 is 23.2 Å². The first-order valence-electron chi connectivity index (χ1n) is 7.85. The van der Waals surface area contributed by atoms with Gasteiger partial charge in [0.05, 0.1) is 15.5 Å². The Bertz CT molecular complexity index is 867. The van der Waals surface area contributed by atoms with Gasteiger partial charge in [-0.15, -0.1) is 0 Å². The van der Waals surface area contributed by atoms with Crippen LogP contribution in [-0.2, 0) is 15.0 Å². The van der Waals surface area contributed by atoms with Gasteiger partial charge in [0.25, 0.3) is 0 Å². The lowest BCUT2D eigenvalue weighted by Crippen LogP contribution is -2.43. The van der Waals surface area contributed by atoms with Crippen molar-refractivity contribution in [2.24, 2.45) is 0 Å². The van der Waals surface area contributed by atoms with E-state index in [2.05, 4.69) is 0 Å². The minimum absolute atomic E-state index is 0.213. The van der Waals surface area contributed by atoms with Crippen molar-refractivity contribution in [2.45, 2.75) is 25.2 Å². The van der Waals surface area contributed by atoms with Gasteiger partial charge in [-0.05, 0) is 42.2 Å². The Morgan fingerprint density at radius 2 is 1.88 bits per heavy atom. The molecule has 0 aromatic heterocycles. The van der Waals surface area contributed by atoms with Crippen molar-refractivity contribution in [3.8, 4) is 0 Å². The van der Waals surface area contributed by atoms with Crippen LogP contribution in [-0.4, -0.2) is 23.5 Å². The summed E-state index contributed by atoms with van der Waals surface area (Å²) in [5, 5.41) is 10.1. The fourth-order valence-corrected chi connectivity index (χ4v) is 3.79. The van der Waals surface area contributed by atoms with Gasteiger partial charge in [-0.2, -0.15) is 0 Å². The summed E-state index contributed by atoms with van der Waals surface area (Å²) in [5.41, 5.74) is 1.45. The van der Waals surface area contributed by atoms with E-state index >= 15 is 0 Å². The van der Waals surface area contributed by atoms with E-state index in [4.69, 9.17) is 23.2 Å². The quantitative estimate of drug-likeness (QED) is 0.853. The van der Waals surface area contributed by atoms with Gasteiger partial charge in [0.1, 0.15) is 6.54 Å². The number of carbonyl (C=O) groups is 2. The molecule has 3 rings (SSSR count). The number of para-hydroxylation sites is 1. The summed E-state index contributed by atoms with van der Waals surface area (Å²) in [6, 6.07) is 12.6. The maximum absolute atomic E-state index is 13.2. The van der Waals surface area contributed by atoms with E-state index < -0.39 is 11.4 Å². The molecule has 2 unspecified atom stereocenters. The molecular formula is C19H17Cl2NO3. The number of fused-ring (bicyclic) bond motifs is 1. The summed E-state index contributed by atoms with van der Waals surface area (Å²) < 4.78 is 0. The van der Waals surface area contributed by atoms with Crippen LogP contribution in [0.4, 0.5) is 5.69 Å². The number of aliphatic carboxylic acids is 1. The molecule has 2 atom stereocenters. The van der Waals surface area contributed by atoms with E-state index in [-0.39, 0.29) is 18.4 Å². The van der Waals surface area contributed by atoms with Crippen LogP contribution in [0.25, 0.3) is 0 Å². The second-order valence-electron chi connectivity index (χ2n) is 6.40. The predicted molar refractivity (Wildman–Crippen MR) is 98.7 cm³/mol. The molecule has 130 valence electrons. The molecule has 25 heavy (non-hydrogen) atoms. The fourth-order valence-electron chi connectivity index (χ4n) is 3.48. The van der Waals surface area contributed by atoms with Crippen LogP contribution in [0.5, 0.6) is 0 Å². The zero-order valence-corrected chi connectivity index (χ0v) is 15.3. The first-order valence-corrected chi connectivity index (χ1v) is 8.60. The van der Waals surface area contributed by atoms with E-state index in [1.54, 1.807) is 24.3 Å². The van der Waals surface area contributed by atoms with Gasteiger partial charge in [0, 0.05) is 5.69 Å². The smallest absolute Gasteiger partial charge is 0.323 e. The van der Waals surface area contributed by atoms with Crippen molar-refractivity contribution in [3.05, 3.63) is 63.6 Å². The standard InChI is InChI=1S/C19H17Cl2NO3/c1-11(12-7-8-14(20)15(21)9-12)19(2)13-5-3-4-6-16(13)22(18(19)25)10-17(23)24/h3-9,11H,10H2,1-2H3,(H,23,24). The maximum Gasteiger partial charge on any atom is 0.323 e.